The first-order valence-electron chi connectivity index (χ1n) is 2.60. The number of allylic oxidation sites excluding steroid dienone is 4. The predicted octanol–water partition coefficient (Wildman–Crippen LogP) is 0.654. The second kappa shape index (κ2) is 2.79. The van der Waals surface area contributed by atoms with Crippen LogP contribution in [0.5, 0.6) is 0 Å². The van der Waals surface area contributed by atoms with Gasteiger partial charge in [0.15, 0.2) is 0 Å². The van der Waals surface area contributed by atoms with Gasteiger partial charge in [-0.3, -0.25) is 0 Å². The summed E-state index contributed by atoms with van der Waals surface area (Å²) < 4.78 is 32.8. The molecule has 0 amide bonds. The van der Waals surface area contributed by atoms with E-state index in [1.54, 1.807) is 0 Å². The van der Waals surface area contributed by atoms with E-state index in [0.29, 0.717) is 0 Å². The van der Waals surface area contributed by atoms with E-state index in [0.717, 1.165) is 6.08 Å². The monoisotopic (exact) mass is 159 g/mol. The summed E-state index contributed by atoms with van der Waals surface area (Å²) in [7, 11) is -2.43. The van der Waals surface area contributed by atoms with Gasteiger partial charge in [-0.2, -0.15) is 8.42 Å². The Balaban J connectivity index is 3.19. The zero-order valence-corrected chi connectivity index (χ0v) is 5.78. The Bertz CT molecular complexity index is 314. The molecule has 2 nitrogen and oxygen atoms in total. The van der Waals surface area contributed by atoms with Gasteiger partial charge < -0.3 is 0 Å². The summed E-state index contributed by atoms with van der Waals surface area (Å²) in [6.45, 7) is 0. The van der Waals surface area contributed by atoms with E-state index in [-0.39, 0.29) is 11.3 Å². The van der Waals surface area contributed by atoms with Gasteiger partial charge in [0.25, 0.3) is 0 Å². The van der Waals surface area contributed by atoms with Crippen molar-refractivity contribution in [3.8, 4) is 0 Å². The van der Waals surface area contributed by atoms with Crippen LogP contribution in [0.4, 0.5) is 4.39 Å². The van der Waals surface area contributed by atoms with Crippen LogP contribution in [0.15, 0.2) is 18.0 Å². The smallest absolute Gasteiger partial charge is 0.206 e. The number of halogens is 1. The molecule has 0 fully saturated rings. The number of hydrogen-bond donors (Lipinski definition) is 0. The van der Waals surface area contributed by atoms with Crippen LogP contribution in [0.1, 0.15) is 6.42 Å². The third-order valence-corrected chi connectivity index (χ3v) is 1.85. The molecule has 0 N–H and O–H groups in total. The second-order valence-corrected chi connectivity index (χ2v) is 2.69. The highest BCUT2D eigenvalue weighted by Crippen LogP contribution is 2.08. The molecule has 0 spiro atoms. The molecule has 0 atom stereocenters. The highest BCUT2D eigenvalue weighted by atomic mass is 32.2. The first kappa shape index (κ1) is 7.21. The first-order valence-corrected chi connectivity index (χ1v) is 3.68. The van der Waals surface area contributed by atoms with Crippen molar-refractivity contribution < 1.29 is 12.8 Å². The standard InChI is InChI=1S/C6H4FO2S/c7-5-3-1-2-4-6(5)10(8)9/h2-3H,4H2. The van der Waals surface area contributed by atoms with E-state index in [1.165, 1.54) is 6.08 Å². The molecular formula is C6H4FO2S. The van der Waals surface area contributed by atoms with Crippen molar-refractivity contribution in [1.82, 2.24) is 0 Å². The van der Waals surface area contributed by atoms with Gasteiger partial charge in [0.1, 0.15) is 10.7 Å². The van der Waals surface area contributed by atoms with Crippen LogP contribution >= 0.6 is 0 Å². The molecule has 0 heterocycles. The van der Waals surface area contributed by atoms with Crippen molar-refractivity contribution in [3.05, 3.63) is 24.1 Å². The maximum absolute atomic E-state index is 12.4. The van der Waals surface area contributed by atoms with Crippen LogP contribution in [0, 0.1) is 6.08 Å². The Morgan fingerprint density at radius 3 is 2.70 bits per heavy atom. The topological polar surface area (TPSA) is 34.1 Å². The molecule has 0 aromatic heterocycles. The Hall–Kier alpha value is -0.900. The lowest BCUT2D eigenvalue weighted by molar-refractivity contribution is 0.625. The molecule has 4 heteroatoms. The van der Waals surface area contributed by atoms with Gasteiger partial charge in [-0.15, -0.1) is 0 Å². The average Bonchev–Trinajstić information content (AvgIpc) is 1.88. The van der Waals surface area contributed by atoms with Crippen LogP contribution in [0.2, 0.25) is 0 Å². The maximum Gasteiger partial charge on any atom is 0.220 e. The molecule has 0 aromatic rings. The van der Waals surface area contributed by atoms with Gasteiger partial charge in [-0.1, -0.05) is 6.08 Å². The maximum atomic E-state index is 12.4. The molecular weight excluding hydrogens is 155 g/mol. The largest absolute Gasteiger partial charge is 0.220 e. The Morgan fingerprint density at radius 2 is 2.30 bits per heavy atom. The van der Waals surface area contributed by atoms with Gasteiger partial charge in [0.05, 0.1) is 0 Å². The molecule has 0 saturated heterocycles. The highest BCUT2D eigenvalue weighted by Gasteiger charge is 2.08. The van der Waals surface area contributed by atoms with Crippen molar-refractivity contribution in [2.24, 2.45) is 0 Å². The predicted molar refractivity (Wildman–Crippen MR) is 35.5 cm³/mol. The normalized spacial score (nSPS) is 16.9. The first-order chi connectivity index (χ1) is 4.72. The summed E-state index contributed by atoms with van der Waals surface area (Å²) in [6, 6.07) is 0. The summed E-state index contributed by atoms with van der Waals surface area (Å²) in [5.74, 6) is -0.712. The number of hydrogen-bond acceptors (Lipinski definition) is 2. The fourth-order valence-electron chi connectivity index (χ4n) is 0.609. The quantitative estimate of drug-likeness (QED) is 0.486. The van der Waals surface area contributed by atoms with Crippen LogP contribution in [0.3, 0.4) is 0 Å². The molecule has 10 heavy (non-hydrogen) atoms. The van der Waals surface area contributed by atoms with Gasteiger partial charge >= 0.3 is 0 Å². The molecule has 1 radical (unpaired) electrons. The van der Waals surface area contributed by atoms with Crippen molar-refractivity contribution in [2.75, 3.05) is 0 Å². The molecule has 1 aliphatic carbocycles. The minimum Gasteiger partial charge on any atom is -0.206 e. The van der Waals surface area contributed by atoms with Crippen LogP contribution < -0.4 is 0 Å². The van der Waals surface area contributed by atoms with E-state index in [4.69, 9.17) is 0 Å². The van der Waals surface area contributed by atoms with Gasteiger partial charge in [0.2, 0.25) is 10.3 Å². The van der Waals surface area contributed by atoms with E-state index in [2.05, 4.69) is 6.08 Å². The van der Waals surface area contributed by atoms with Gasteiger partial charge in [-0.25, -0.2) is 4.39 Å². The van der Waals surface area contributed by atoms with E-state index in [9.17, 15) is 12.8 Å². The molecule has 0 aromatic carbocycles. The Labute approximate surface area is 59.2 Å². The second-order valence-electron chi connectivity index (χ2n) is 1.73. The van der Waals surface area contributed by atoms with Gasteiger partial charge in [0, 0.05) is 6.42 Å². The summed E-state index contributed by atoms with van der Waals surface area (Å²) in [6.07, 6.45) is 5.05. The van der Waals surface area contributed by atoms with Crippen LogP contribution in [0.25, 0.3) is 0 Å². The van der Waals surface area contributed by atoms with Crippen molar-refractivity contribution >= 4 is 15.2 Å². The number of rotatable bonds is 0. The zero-order chi connectivity index (χ0) is 7.56. The molecule has 53 valence electrons. The van der Waals surface area contributed by atoms with Crippen LogP contribution in [-0.2, 0) is 10.3 Å². The average molecular weight is 159 g/mol. The minimum absolute atomic E-state index is 0.110. The lowest BCUT2D eigenvalue weighted by Crippen LogP contribution is -2.01. The van der Waals surface area contributed by atoms with Crippen molar-refractivity contribution in [2.45, 2.75) is 6.42 Å². The fourth-order valence-corrected chi connectivity index (χ4v) is 1.05. The molecule has 1 aliphatic rings. The molecule has 0 bridgehead atoms. The SMILES string of the molecule is O=S(=O)=C1CC=[C]C=C1F. The van der Waals surface area contributed by atoms with Crippen molar-refractivity contribution in [1.29, 1.82) is 0 Å². The molecule has 0 saturated carbocycles. The highest BCUT2D eigenvalue weighted by molar-refractivity contribution is 7.73. The van der Waals surface area contributed by atoms with Crippen molar-refractivity contribution in [3.63, 3.8) is 0 Å². The summed E-state index contributed by atoms with van der Waals surface area (Å²) in [4.78, 5) is -0.196. The third-order valence-electron chi connectivity index (χ3n) is 1.08. The summed E-state index contributed by atoms with van der Waals surface area (Å²) in [5, 5.41) is 0. The van der Waals surface area contributed by atoms with Crippen LogP contribution in [-0.4, -0.2) is 13.3 Å². The van der Waals surface area contributed by atoms with E-state index < -0.39 is 16.1 Å². The lowest BCUT2D eigenvalue weighted by atomic mass is 10.2. The minimum atomic E-state index is -2.43. The van der Waals surface area contributed by atoms with E-state index >= 15 is 0 Å². The Kier molecular flexibility index (Phi) is 2.01. The third kappa shape index (κ3) is 1.33. The Morgan fingerprint density at radius 1 is 1.60 bits per heavy atom. The molecule has 1 rings (SSSR count). The molecule has 0 aliphatic heterocycles. The summed E-state index contributed by atoms with van der Waals surface area (Å²) in [5.41, 5.74) is 0. The molecule has 0 unspecified atom stereocenters. The van der Waals surface area contributed by atoms with E-state index in [1.807, 2.05) is 0 Å². The lowest BCUT2D eigenvalue weighted by Gasteiger charge is -1.97. The van der Waals surface area contributed by atoms with Gasteiger partial charge in [-0.05, 0) is 12.2 Å². The zero-order valence-electron chi connectivity index (χ0n) is 4.96. The summed E-state index contributed by atoms with van der Waals surface area (Å²) >= 11 is 0. The fraction of sp³-hybridized carbons (Fsp3) is 0.167.